The van der Waals surface area contributed by atoms with E-state index in [4.69, 9.17) is 5.73 Å². The second-order valence-electron chi connectivity index (χ2n) is 4.68. The summed E-state index contributed by atoms with van der Waals surface area (Å²) in [6.07, 6.45) is 0.136. The summed E-state index contributed by atoms with van der Waals surface area (Å²) in [4.78, 5) is 36.7. The van der Waals surface area contributed by atoms with Gasteiger partial charge in [0.25, 0.3) is 0 Å². The molecule has 1 aliphatic heterocycles. The van der Waals surface area contributed by atoms with Crippen LogP contribution < -0.4 is 21.3 Å². The van der Waals surface area contributed by atoms with Crippen LogP contribution in [-0.4, -0.2) is 37.4 Å². The predicted molar refractivity (Wildman–Crippen MR) is 86.0 cm³/mol. The molecule has 0 saturated carbocycles. The molecule has 1 aliphatic rings. The number of benzene rings is 1. The first-order valence-corrected chi connectivity index (χ1v) is 6.78. The SMILES string of the molecule is Cl.NCCNC(=O)CCC(=O)N1CC(=O)Nc2ccccc21. The Morgan fingerprint density at radius 1 is 1.27 bits per heavy atom. The Balaban J connectivity index is 0.00000242. The number of nitrogens with two attached hydrogens (primary N) is 1. The van der Waals surface area contributed by atoms with E-state index >= 15 is 0 Å². The molecule has 0 saturated heterocycles. The topological polar surface area (TPSA) is 105 Å². The molecule has 0 atom stereocenters. The van der Waals surface area contributed by atoms with Crippen LogP contribution in [0, 0.1) is 0 Å². The molecule has 4 N–H and O–H groups in total. The standard InChI is InChI=1S/C14H18N4O3.ClH/c15-7-8-16-12(19)5-6-14(21)18-9-13(20)17-10-3-1-2-4-11(10)18;/h1-4H,5-9,15H2,(H,16,19)(H,17,20);1H. The van der Waals surface area contributed by atoms with E-state index < -0.39 is 0 Å². The highest BCUT2D eigenvalue weighted by atomic mass is 35.5. The van der Waals surface area contributed by atoms with E-state index in [-0.39, 0.29) is 49.5 Å². The lowest BCUT2D eigenvalue weighted by atomic mass is 10.1. The van der Waals surface area contributed by atoms with Crippen molar-refractivity contribution in [1.82, 2.24) is 5.32 Å². The smallest absolute Gasteiger partial charge is 0.244 e. The Kier molecular flexibility index (Phi) is 6.81. The van der Waals surface area contributed by atoms with Crippen molar-refractivity contribution in [3.63, 3.8) is 0 Å². The number of nitrogens with one attached hydrogen (secondary N) is 2. The van der Waals surface area contributed by atoms with Gasteiger partial charge in [-0.1, -0.05) is 12.1 Å². The van der Waals surface area contributed by atoms with Crippen LogP contribution in [0.25, 0.3) is 0 Å². The third-order valence-corrected chi connectivity index (χ3v) is 3.10. The Morgan fingerprint density at radius 2 is 2.00 bits per heavy atom. The van der Waals surface area contributed by atoms with E-state index in [0.717, 1.165) is 0 Å². The summed E-state index contributed by atoms with van der Waals surface area (Å²) in [6.45, 7) is 0.724. The van der Waals surface area contributed by atoms with Gasteiger partial charge in [0.15, 0.2) is 0 Å². The largest absolute Gasteiger partial charge is 0.355 e. The summed E-state index contributed by atoms with van der Waals surface area (Å²) in [5.74, 6) is -0.710. The van der Waals surface area contributed by atoms with Crippen LogP contribution in [-0.2, 0) is 14.4 Å². The maximum atomic E-state index is 12.2. The lowest BCUT2D eigenvalue weighted by Crippen LogP contribution is -2.42. The summed E-state index contributed by atoms with van der Waals surface area (Å²) in [5, 5.41) is 5.32. The number of halogens is 1. The van der Waals surface area contributed by atoms with Crippen molar-refractivity contribution in [2.75, 3.05) is 29.9 Å². The van der Waals surface area contributed by atoms with Crippen LogP contribution in [0.3, 0.4) is 0 Å². The first-order valence-electron chi connectivity index (χ1n) is 6.78. The Bertz CT molecular complexity index is 565. The van der Waals surface area contributed by atoms with Gasteiger partial charge in [0.1, 0.15) is 6.54 Å². The van der Waals surface area contributed by atoms with E-state index in [0.29, 0.717) is 24.5 Å². The number of hydrogen-bond acceptors (Lipinski definition) is 4. The zero-order valence-corrected chi connectivity index (χ0v) is 12.8. The fraction of sp³-hybridized carbons (Fsp3) is 0.357. The van der Waals surface area contributed by atoms with Gasteiger partial charge in [-0.05, 0) is 12.1 Å². The van der Waals surface area contributed by atoms with Crippen molar-refractivity contribution in [2.45, 2.75) is 12.8 Å². The van der Waals surface area contributed by atoms with Crippen molar-refractivity contribution in [1.29, 1.82) is 0 Å². The van der Waals surface area contributed by atoms with Crippen LogP contribution in [0.1, 0.15) is 12.8 Å². The van der Waals surface area contributed by atoms with Crippen LogP contribution in [0.5, 0.6) is 0 Å². The minimum absolute atomic E-state index is 0. The summed E-state index contributed by atoms with van der Waals surface area (Å²) in [7, 11) is 0. The number of rotatable bonds is 5. The van der Waals surface area contributed by atoms with Crippen molar-refractivity contribution in [2.24, 2.45) is 5.73 Å². The molecule has 22 heavy (non-hydrogen) atoms. The first kappa shape index (κ1) is 17.9. The minimum atomic E-state index is -0.250. The number of anilines is 2. The number of carbonyl (C=O) groups excluding carboxylic acids is 3. The maximum absolute atomic E-state index is 12.2. The maximum Gasteiger partial charge on any atom is 0.244 e. The third-order valence-electron chi connectivity index (χ3n) is 3.10. The third kappa shape index (κ3) is 4.44. The lowest BCUT2D eigenvalue weighted by molar-refractivity contribution is -0.125. The summed E-state index contributed by atoms with van der Waals surface area (Å²) < 4.78 is 0. The van der Waals surface area contributed by atoms with Crippen LogP contribution in [0.4, 0.5) is 11.4 Å². The normalized spacial score (nSPS) is 12.8. The number of para-hydroxylation sites is 2. The lowest BCUT2D eigenvalue weighted by Gasteiger charge is -2.29. The Morgan fingerprint density at radius 3 is 2.73 bits per heavy atom. The van der Waals surface area contributed by atoms with Crippen molar-refractivity contribution >= 4 is 41.5 Å². The molecule has 7 nitrogen and oxygen atoms in total. The molecule has 120 valence electrons. The van der Waals surface area contributed by atoms with Gasteiger partial charge in [-0.3, -0.25) is 14.4 Å². The highest BCUT2D eigenvalue weighted by Crippen LogP contribution is 2.29. The molecule has 0 spiro atoms. The van der Waals surface area contributed by atoms with Gasteiger partial charge in [-0.2, -0.15) is 0 Å². The van der Waals surface area contributed by atoms with E-state index in [9.17, 15) is 14.4 Å². The molecule has 1 heterocycles. The second-order valence-corrected chi connectivity index (χ2v) is 4.68. The summed E-state index contributed by atoms with van der Waals surface area (Å²) in [6, 6.07) is 7.08. The molecule has 0 aromatic heterocycles. The van der Waals surface area contributed by atoms with Crippen LogP contribution in [0.15, 0.2) is 24.3 Å². The molecule has 0 fully saturated rings. The Labute approximate surface area is 134 Å². The number of nitrogens with zero attached hydrogens (tertiary/aromatic N) is 1. The van der Waals surface area contributed by atoms with Crippen LogP contribution >= 0.6 is 12.4 Å². The molecule has 0 aliphatic carbocycles. The number of amides is 3. The van der Waals surface area contributed by atoms with Crippen molar-refractivity contribution in [3.05, 3.63) is 24.3 Å². The quantitative estimate of drug-likeness (QED) is 0.721. The Hall–Kier alpha value is -2.12. The highest BCUT2D eigenvalue weighted by molar-refractivity contribution is 6.10. The minimum Gasteiger partial charge on any atom is -0.355 e. The molecule has 2 rings (SSSR count). The molecule has 1 aromatic carbocycles. The summed E-state index contributed by atoms with van der Waals surface area (Å²) >= 11 is 0. The summed E-state index contributed by atoms with van der Waals surface area (Å²) in [5.41, 5.74) is 6.55. The van der Waals surface area contributed by atoms with Gasteiger partial charge in [0.05, 0.1) is 11.4 Å². The van der Waals surface area contributed by atoms with E-state index in [2.05, 4.69) is 10.6 Å². The molecule has 0 bridgehead atoms. The van der Waals surface area contributed by atoms with E-state index in [1.165, 1.54) is 4.90 Å². The molecule has 0 unspecified atom stereocenters. The van der Waals surface area contributed by atoms with Crippen molar-refractivity contribution in [3.8, 4) is 0 Å². The fourth-order valence-electron chi connectivity index (χ4n) is 2.11. The second kappa shape index (κ2) is 8.35. The molecule has 3 amide bonds. The molecule has 1 aromatic rings. The van der Waals surface area contributed by atoms with Crippen molar-refractivity contribution < 1.29 is 14.4 Å². The number of carbonyl (C=O) groups is 3. The molecule has 8 heteroatoms. The van der Waals surface area contributed by atoms with Gasteiger partial charge in [-0.25, -0.2) is 0 Å². The van der Waals surface area contributed by atoms with E-state index in [1.807, 2.05) is 0 Å². The van der Waals surface area contributed by atoms with Gasteiger partial charge in [0.2, 0.25) is 17.7 Å². The van der Waals surface area contributed by atoms with Gasteiger partial charge in [-0.15, -0.1) is 12.4 Å². The number of fused-ring (bicyclic) bond motifs is 1. The number of hydrogen-bond donors (Lipinski definition) is 3. The van der Waals surface area contributed by atoms with E-state index in [1.54, 1.807) is 24.3 Å². The zero-order valence-electron chi connectivity index (χ0n) is 12.0. The van der Waals surface area contributed by atoms with Gasteiger partial charge < -0.3 is 21.3 Å². The highest BCUT2D eigenvalue weighted by Gasteiger charge is 2.26. The fourth-order valence-corrected chi connectivity index (χ4v) is 2.11. The zero-order chi connectivity index (χ0) is 15.2. The molecule has 0 radical (unpaired) electrons. The van der Waals surface area contributed by atoms with Gasteiger partial charge >= 0.3 is 0 Å². The van der Waals surface area contributed by atoms with Crippen LogP contribution in [0.2, 0.25) is 0 Å². The van der Waals surface area contributed by atoms with Gasteiger partial charge in [0, 0.05) is 25.9 Å². The average Bonchev–Trinajstić information content (AvgIpc) is 2.49. The monoisotopic (exact) mass is 326 g/mol. The molecular formula is C14H19ClN4O3. The predicted octanol–water partition coefficient (Wildman–Crippen LogP) is 0.249. The average molecular weight is 327 g/mol. The molecular weight excluding hydrogens is 308 g/mol. The first-order chi connectivity index (χ1) is 10.1.